The molecule has 2 atom stereocenters. The van der Waals surface area contributed by atoms with Crippen molar-refractivity contribution >= 4 is 22.4 Å². The second-order valence-electron chi connectivity index (χ2n) is 9.39. The lowest BCUT2D eigenvalue weighted by Gasteiger charge is -2.39. The third-order valence-electron chi connectivity index (χ3n) is 6.53. The first-order valence-corrected chi connectivity index (χ1v) is 11.0. The minimum atomic E-state index is -4.57. The zero-order valence-corrected chi connectivity index (χ0v) is 18.1. The van der Waals surface area contributed by atoms with Crippen LogP contribution in [0.2, 0.25) is 0 Å². The number of alkyl halides is 5. The van der Waals surface area contributed by atoms with Crippen molar-refractivity contribution in [2.75, 3.05) is 31.1 Å². The molecule has 5 rings (SSSR count). The molecule has 1 aromatic carbocycles. The summed E-state index contributed by atoms with van der Waals surface area (Å²) in [4.78, 5) is 1.39. The van der Waals surface area contributed by atoms with Gasteiger partial charge in [0.25, 0.3) is 5.92 Å². The number of allylic oxidation sites excluding steroid dienone is 1. The zero-order valence-electron chi connectivity index (χ0n) is 18.1. The summed E-state index contributed by atoms with van der Waals surface area (Å²) in [6.45, 7) is 1.23. The largest absolute Gasteiger partial charge is 0.452 e. The lowest BCUT2D eigenvalue weighted by molar-refractivity contribution is -0.186. The van der Waals surface area contributed by atoms with E-state index in [1.54, 1.807) is 0 Å². The van der Waals surface area contributed by atoms with Gasteiger partial charge in [-0.15, -0.1) is 0 Å². The van der Waals surface area contributed by atoms with E-state index in [0.29, 0.717) is 18.0 Å². The van der Waals surface area contributed by atoms with Crippen LogP contribution in [0.1, 0.15) is 43.9 Å². The summed E-state index contributed by atoms with van der Waals surface area (Å²) in [5, 5.41) is 13.6. The molecule has 5 nitrogen and oxygen atoms in total. The van der Waals surface area contributed by atoms with E-state index in [0.717, 1.165) is 30.5 Å². The van der Waals surface area contributed by atoms with E-state index in [4.69, 9.17) is 9.15 Å². The molecule has 2 unspecified atom stereocenters. The lowest BCUT2D eigenvalue weighted by atomic mass is 9.89. The van der Waals surface area contributed by atoms with Crippen molar-refractivity contribution < 1.29 is 36.2 Å². The van der Waals surface area contributed by atoms with Crippen LogP contribution in [0.5, 0.6) is 0 Å². The third kappa shape index (κ3) is 4.30. The standard InChI is InChI=1S/C23H25F5N2O3/c1-21(31)6-9-32-17(11-21)22(24,25)12-30-8-7-29-18(13-2-3-13)20-19(30)15-10-14(23(26,27)28)4-5-16(15)33-20/h4-5,10,17,29,31H,2-3,6-9,11-12H2,1H3. The van der Waals surface area contributed by atoms with Crippen LogP contribution >= 0.6 is 0 Å². The number of anilines is 1. The molecule has 1 saturated heterocycles. The number of rotatable bonds is 3. The fourth-order valence-electron chi connectivity index (χ4n) is 4.62. The maximum atomic E-state index is 15.4. The summed E-state index contributed by atoms with van der Waals surface area (Å²) in [7, 11) is 0. The van der Waals surface area contributed by atoms with E-state index in [1.165, 1.54) is 17.9 Å². The molecule has 0 spiro atoms. The van der Waals surface area contributed by atoms with E-state index in [9.17, 15) is 18.3 Å². The first-order chi connectivity index (χ1) is 15.4. The Kier molecular flexibility index (Phi) is 5.17. The molecule has 180 valence electrons. The molecule has 0 bridgehead atoms. The summed E-state index contributed by atoms with van der Waals surface area (Å²) in [5.74, 6) is -3.05. The molecule has 3 aliphatic rings. The number of benzene rings is 1. The highest BCUT2D eigenvalue weighted by atomic mass is 19.4. The molecular formula is C23H25F5N2O3. The summed E-state index contributed by atoms with van der Waals surface area (Å²) in [6, 6.07) is 3.13. The molecule has 33 heavy (non-hydrogen) atoms. The highest BCUT2D eigenvalue weighted by Gasteiger charge is 2.48. The van der Waals surface area contributed by atoms with E-state index < -0.39 is 35.9 Å². The third-order valence-corrected chi connectivity index (χ3v) is 6.53. The van der Waals surface area contributed by atoms with E-state index in [1.807, 2.05) is 0 Å². The predicted molar refractivity (Wildman–Crippen MR) is 112 cm³/mol. The number of hydrogen-bond acceptors (Lipinski definition) is 5. The van der Waals surface area contributed by atoms with Crippen LogP contribution in [0.3, 0.4) is 0 Å². The molecule has 2 aliphatic heterocycles. The molecule has 1 aromatic heterocycles. The Morgan fingerprint density at radius 2 is 1.97 bits per heavy atom. The van der Waals surface area contributed by atoms with Gasteiger partial charge in [-0.25, -0.2) is 8.78 Å². The Morgan fingerprint density at radius 3 is 2.64 bits per heavy atom. The summed E-state index contributed by atoms with van der Waals surface area (Å²) >= 11 is 0. The Bertz CT molecular complexity index is 1100. The minimum absolute atomic E-state index is 0.0138. The highest BCUT2D eigenvalue weighted by molar-refractivity contribution is 5.98. The van der Waals surface area contributed by atoms with Gasteiger partial charge in [-0.3, -0.25) is 0 Å². The maximum Gasteiger partial charge on any atom is 0.416 e. The Labute approximate surface area is 187 Å². The van der Waals surface area contributed by atoms with Gasteiger partial charge < -0.3 is 24.5 Å². The molecule has 10 heteroatoms. The average Bonchev–Trinajstić information content (AvgIpc) is 3.50. The maximum absolute atomic E-state index is 15.4. The molecule has 0 radical (unpaired) electrons. The number of hydrogen-bond donors (Lipinski definition) is 2. The quantitative estimate of drug-likeness (QED) is 0.621. The molecular weight excluding hydrogens is 447 g/mol. The Balaban J connectivity index is 1.58. The van der Waals surface area contributed by atoms with Crippen molar-refractivity contribution in [1.82, 2.24) is 5.32 Å². The first kappa shape index (κ1) is 22.5. The van der Waals surface area contributed by atoms with Crippen molar-refractivity contribution in [1.29, 1.82) is 0 Å². The van der Waals surface area contributed by atoms with Crippen LogP contribution in [-0.2, 0) is 10.9 Å². The molecule has 2 fully saturated rings. The minimum Gasteiger partial charge on any atom is -0.452 e. The molecule has 2 N–H and O–H groups in total. The van der Waals surface area contributed by atoms with Gasteiger partial charge in [0.1, 0.15) is 11.7 Å². The lowest BCUT2D eigenvalue weighted by Crippen LogP contribution is -2.52. The number of halogens is 5. The Hall–Kier alpha value is -2.33. The average molecular weight is 472 g/mol. The van der Waals surface area contributed by atoms with Crippen LogP contribution in [0, 0.1) is 0 Å². The molecule has 1 saturated carbocycles. The van der Waals surface area contributed by atoms with Crippen LogP contribution in [-0.4, -0.2) is 49.0 Å². The normalized spacial score (nSPS) is 26.3. The molecule has 0 amide bonds. The van der Waals surface area contributed by atoms with Gasteiger partial charge in [0.2, 0.25) is 0 Å². The van der Waals surface area contributed by atoms with Gasteiger partial charge in [0.05, 0.1) is 29.1 Å². The summed E-state index contributed by atoms with van der Waals surface area (Å²) in [6.07, 6.45) is -4.37. The smallest absolute Gasteiger partial charge is 0.416 e. The number of nitrogens with one attached hydrogen (secondary N) is 1. The fourth-order valence-corrected chi connectivity index (χ4v) is 4.62. The van der Waals surface area contributed by atoms with E-state index >= 15 is 8.78 Å². The second-order valence-corrected chi connectivity index (χ2v) is 9.39. The number of ether oxygens (including phenoxy) is 1. The SMILES string of the molecule is CC1(O)CCOC(C(F)(F)CN2CCNC(=C3CC3)c3oc4ccc(C(F)(F)F)cc4c32)C1. The highest BCUT2D eigenvalue weighted by Crippen LogP contribution is 2.46. The van der Waals surface area contributed by atoms with Gasteiger partial charge in [0.15, 0.2) is 5.76 Å². The van der Waals surface area contributed by atoms with Gasteiger partial charge in [-0.2, -0.15) is 13.2 Å². The summed E-state index contributed by atoms with van der Waals surface area (Å²) in [5.41, 5.74) is 0.0583. The molecule has 3 heterocycles. The Morgan fingerprint density at radius 1 is 1.21 bits per heavy atom. The van der Waals surface area contributed by atoms with Crippen molar-refractivity contribution in [2.45, 2.75) is 56.4 Å². The van der Waals surface area contributed by atoms with E-state index in [-0.39, 0.29) is 42.6 Å². The van der Waals surface area contributed by atoms with Gasteiger partial charge in [-0.05, 0) is 50.0 Å². The first-order valence-electron chi connectivity index (χ1n) is 11.0. The molecule has 1 aliphatic carbocycles. The number of nitrogens with zero attached hydrogens (tertiary/aromatic N) is 1. The van der Waals surface area contributed by atoms with Crippen LogP contribution < -0.4 is 10.2 Å². The van der Waals surface area contributed by atoms with E-state index in [2.05, 4.69) is 5.32 Å². The second kappa shape index (κ2) is 7.59. The monoisotopic (exact) mass is 472 g/mol. The number of fused-ring (bicyclic) bond motifs is 3. The van der Waals surface area contributed by atoms with Crippen LogP contribution in [0.25, 0.3) is 16.7 Å². The number of aliphatic hydroxyl groups is 1. The fraction of sp³-hybridized carbons (Fsp3) is 0.565. The van der Waals surface area contributed by atoms with Crippen molar-refractivity contribution in [2.24, 2.45) is 0 Å². The summed E-state index contributed by atoms with van der Waals surface area (Å²) < 4.78 is 82.2. The number of furan rings is 1. The van der Waals surface area contributed by atoms with Gasteiger partial charge in [-0.1, -0.05) is 0 Å². The zero-order chi connectivity index (χ0) is 23.6. The van der Waals surface area contributed by atoms with Crippen LogP contribution in [0.15, 0.2) is 28.2 Å². The predicted octanol–water partition coefficient (Wildman–Crippen LogP) is 4.93. The topological polar surface area (TPSA) is 57.9 Å². The van der Waals surface area contributed by atoms with Gasteiger partial charge in [0, 0.05) is 31.5 Å². The van der Waals surface area contributed by atoms with Crippen molar-refractivity contribution in [3.63, 3.8) is 0 Å². The van der Waals surface area contributed by atoms with Gasteiger partial charge >= 0.3 is 6.18 Å². The van der Waals surface area contributed by atoms with Crippen LogP contribution in [0.4, 0.5) is 27.6 Å². The van der Waals surface area contributed by atoms with Crippen molar-refractivity contribution in [3.05, 3.63) is 35.1 Å². The molecule has 2 aromatic rings. The van der Waals surface area contributed by atoms with Crippen molar-refractivity contribution in [3.8, 4) is 0 Å².